The quantitative estimate of drug-likeness (QED) is 0.146. The van der Waals surface area contributed by atoms with Crippen LogP contribution in [-0.4, -0.2) is 10.6 Å². The average molecular weight is 742 g/mol. The largest absolute Gasteiger partial charge is 0.341 e. The van der Waals surface area contributed by atoms with Crippen molar-refractivity contribution in [2.75, 3.05) is 9.80 Å². The van der Waals surface area contributed by atoms with Crippen LogP contribution in [0, 0.1) is 10.8 Å². The maximum Gasteiger partial charge on any atom is 0.0531 e. The van der Waals surface area contributed by atoms with Gasteiger partial charge in [-0.05, 0) is 96.5 Å². The molecule has 57 heavy (non-hydrogen) atoms. The molecule has 3 heteroatoms. The molecule has 0 amide bonds. The van der Waals surface area contributed by atoms with Crippen LogP contribution in [0.4, 0.5) is 22.7 Å². The monoisotopic (exact) mass is 741 g/mol. The molecule has 2 unspecified atom stereocenters. The zero-order valence-corrected chi connectivity index (χ0v) is 33.6. The molecule has 0 radical (unpaired) electrons. The van der Waals surface area contributed by atoms with Gasteiger partial charge in [-0.1, -0.05) is 155 Å². The summed E-state index contributed by atoms with van der Waals surface area (Å²) in [5.74, 6) is 0. The van der Waals surface area contributed by atoms with E-state index in [1.807, 2.05) is 0 Å². The number of rotatable bonds is 9. The number of nitrogens with zero attached hydrogens (tertiary/aromatic N) is 3. The zero-order chi connectivity index (χ0) is 38.8. The lowest BCUT2D eigenvalue weighted by atomic mass is 9.66. The summed E-state index contributed by atoms with van der Waals surface area (Å²) in [7, 11) is 0. The number of aromatic nitrogens is 1. The van der Waals surface area contributed by atoms with Crippen molar-refractivity contribution >= 4 is 33.7 Å². The third-order valence-corrected chi connectivity index (χ3v) is 13.6. The molecule has 1 aromatic heterocycles. The van der Waals surface area contributed by atoms with Crippen LogP contribution in [0.15, 0.2) is 199 Å². The van der Waals surface area contributed by atoms with Crippen molar-refractivity contribution in [3.05, 3.63) is 210 Å². The molecule has 5 aromatic carbocycles. The fourth-order valence-electron chi connectivity index (χ4n) is 10.4. The second-order valence-electron chi connectivity index (χ2n) is 17.3. The van der Waals surface area contributed by atoms with Crippen LogP contribution >= 0.6 is 0 Å². The number of allylic oxidation sites excluding steroid dienone is 9. The first kappa shape index (κ1) is 35.4. The number of fused-ring (bicyclic) bond motifs is 3. The normalized spacial score (nSPS) is 20.0. The van der Waals surface area contributed by atoms with Crippen LogP contribution in [0.2, 0.25) is 0 Å². The first-order valence-electron chi connectivity index (χ1n) is 20.7. The molecular formula is C54H51N3. The maximum absolute atomic E-state index is 2.76. The standard InChI is InChI=1S/C54H51N3/c1-52(2,39-22-12-7-13-23-39)48-38-55(49-32-20-18-30-46(48)49)43-34-44(56(41-26-14-8-15-27-41)42-28-16-9-17-29-42)36-45(35-43)57-50-33-21-19-31-47(50)54(37-51(54)57)53(3,4)40-24-10-5-6-11-25-40/h5,7-20,22-32,34-36,38,51H,6,21,33,37H2,1-4H3. The fraction of sp³-hybridized carbons (Fsp3) is 0.222. The second-order valence-corrected chi connectivity index (χ2v) is 17.3. The van der Waals surface area contributed by atoms with E-state index in [-0.39, 0.29) is 16.2 Å². The van der Waals surface area contributed by atoms with Gasteiger partial charge in [0.05, 0.1) is 11.2 Å². The number of hydrogen-bond donors (Lipinski definition) is 0. The van der Waals surface area contributed by atoms with Gasteiger partial charge in [0.25, 0.3) is 0 Å². The van der Waals surface area contributed by atoms with Gasteiger partial charge in [0, 0.05) is 62.3 Å². The third-order valence-electron chi connectivity index (χ3n) is 13.6. The summed E-state index contributed by atoms with van der Waals surface area (Å²) in [5.41, 5.74) is 13.9. The molecular weight excluding hydrogens is 691 g/mol. The van der Waals surface area contributed by atoms with E-state index in [1.165, 1.54) is 39.0 Å². The van der Waals surface area contributed by atoms with Crippen molar-refractivity contribution in [2.45, 2.75) is 64.8 Å². The van der Waals surface area contributed by atoms with Gasteiger partial charge in [0.1, 0.15) is 0 Å². The highest BCUT2D eigenvalue weighted by atomic mass is 15.3. The van der Waals surface area contributed by atoms with Crippen LogP contribution < -0.4 is 9.80 Å². The van der Waals surface area contributed by atoms with E-state index >= 15 is 0 Å². The Morgan fingerprint density at radius 1 is 0.667 bits per heavy atom. The molecule has 1 saturated carbocycles. The zero-order valence-electron chi connectivity index (χ0n) is 33.6. The Morgan fingerprint density at radius 3 is 2.07 bits per heavy atom. The van der Waals surface area contributed by atoms with E-state index in [1.54, 1.807) is 5.57 Å². The predicted octanol–water partition coefficient (Wildman–Crippen LogP) is 14.1. The Morgan fingerprint density at radius 2 is 1.33 bits per heavy atom. The van der Waals surface area contributed by atoms with Crippen molar-refractivity contribution in [3.63, 3.8) is 0 Å². The molecule has 282 valence electrons. The Kier molecular flexibility index (Phi) is 8.41. The number of benzene rings is 5. The topological polar surface area (TPSA) is 11.4 Å². The molecule has 0 bridgehead atoms. The summed E-state index contributed by atoms with van der Waals surface area (Å²) >= 11 is 0. The summed E-state index contributed by atoms with van der Waals surface area (Å²) in [4.78, 5) is 5.19. The van der Waals surface area contributed by atoms with E-state index in [0.717, 1.165) is 48.4 Å². The van der Waals surface area contributed by atoms with Gasteiger partial charge in [0.2, 0.25) is 0 Å². The van der Waals surface area contributed by atoms with Crippen molar-refractivity contribution in [1.29, 1.82) is 0 Å². The highest BCUT2D eigenvalue weighted by molar-refractivity contribution is 5.89. The minimum absolute atomic E-state index is 0.0370. The summed E-state index contributed by atoms with van der Waals surface area (Å²) in [6.45, 7) is 9.71. The van der Waals surface area contributed by atoms with E-state index < -0.39 is 0 Å². The van der Waals surface area contributed by atoms with Crippen molar-refractivity contribution < 1.29 is 0 Å². The van der Waals surface area contributed by atoms with Crippen LogP contribution in [0.5, 0.6) is 0 Å². The molecule has 0 spiro atoms. The minimum atomic E-state index is -0.203. The van der Waals surface area contributed by atoms with E-state index in [0.29, 0.717) is 6.04 Å². The van der Waals surface area contributed by atoms with E-state index in [2.05, 4.69) is 224 Å². The van der Waals surface area contributed by atoms with Crippen LogP contribution in [0.1, 0.15) is 64.5 Å². The minimum Gasteiger partial charge on any atom is -0.341 e. The van der Waals surface area contributed by atoms with Gasteiger partial charge in [0.15, 0.2) is 0 Å². The maximum atomic E-state index is 2.76. The van der Waals surface area contributed by atoms with Gasteiger partial charge >= 0.3 is 0 Å². The summed E-state index contributed by atoms with van der Waals surface area (Å²) < 4.78 is 2.46. The lowest BCUT2D eigenvalue weighted by Crippen LogP contribution is -2.32. The molecule has 6 aromatic rings. The lowest BCUT2D eigenvalue weighted by molar-refractivity contribution is 0.291. The predicted molar refractivity (Wildman–Crippen MR) is 240 cm³/mol. The molecule has 3 nitrogen and oxygen atoms in total. The SMILES string of the molecule is CC(C)(c1ccccc1)c1cn(-c2cc(N(c3ccccc3)c3ccccc3)cc(N3C4=C(C=CCC4)C4(C(C)(C)C5=CC=CCC=C5)CC34)c2)c2ccccc12. The summed E-state index contributed by atoms with van der Waals surface area (Å²) in [6.07, 6.45) is 23.2. The first-order valence-corrected chi connectivity index (χ1v) is 20.7. The van der Waals surface area contributed by atoms with Gasteiger partial charge < -0.3 is 14.4 Å². The summed E-state index contributed by atoms with van der Waals surface area (Å²) in [6, 6.07) is 49.3. The van der Waals surface area contributed by atoms with Crippen LogP contribution in [-0.2, 0) is 5.41 Å². The van der Waals surface area contributed by atoms with Crippen LogP contribution in [0.25, 0.3) is 16.6 Å². The fourth-order valence-corrected chi connectivity index (χ4v) is 10.4. The third kappa shape index (κ3) is 5.62. The first-order chi connectivity index (χ1) is 27.8. The number of para-hydroxylation sites is 3. The molecule has 1 aliphatic heterocycles. The Hall–Kier alpha value is -6.06. The van der Waals surface area contributed by atoms with Gasteiger partial charge in [-0.15, -0.1) is 0 Å². The Labute approximate surface area is 338 Å². The highest BCUT2D eigenvalue weighted by Gasteiger charge is 2.71. The van der Waals surface area contributed by atoms with Gasteiger partial charge in [-0.2, -0.15) is 0 Å². The van der Waals surface area contributed by atoms with E-state index in [9.17, 15) is 0 Å². The number of hydrogen-bond acceptors (Lipinski definition) is 2. The molecule has 2 heterocycles. The second kappa shape index (κ2) is 13.6. The van der Waals surface area contributed by atoms with Crippen LogP contribution in [0.3, 0.4) is 0 Å². The molecule has 10 rings (SSSR count). The molecule has 3 aliphatic carbocycles. The lowest BCUT2D eigenvalue weighted by Gasteiger charge is -2.37. The van der Waals surface area contributed by atoms with E-state index in [4.69, 9.17) is 0 Å². The Bertz CT molecular complexity index is 2590. The van der Waals surface area contributed by atoms with Gasteiger partial charge in [-0.25, -0.2) is 0 Å². The molecule has 0 saturated heterocycles. The van der Waals surface area contributed by atoms with Crippen molar-refractivity contribution in [2.24, 2.45) is 10.8 Å². The number of anilines is 4. The highest BCUT2D eigenvalue weighted by Crippen LogP contribution is 2.73. The Balaban J connectivity index is 1.20. The summed E-state index contributed by atoms with van der Waals surface area (Å²) in [5, 5.41) is 1.28. The molecule has 0 N–H and O–H groups in total. The smallest absolute Gasteiger partial charge is 0.0531 e. The molecule has 4 aliphatic rings. The average Bonchev–Trinajstić information content (AvgIpc) is 3.88. The van der Waals surface area contributed by atoms with Gasteiger partial charge in [-0.3, -0.25) is 0 Å². The van der Waals surface area contributed by atoms with Crippen molar-refractivity contribution in [3.8, 4) is 5.69 Å². The molecule has 1 fully saturated rings. The van der Waals surface area contributed by atoms with Crippen molar-refractivity contribution in [1.82, 2.24) is 4.57 Å². The molecule has 2 atom stereocenters.